The summed E-state index contributed by atoms with van der Waals surface area (Å²) in [5, 5.41) is 8.04. The molecule has 5 nitrogen and oxygen atoms in total. The highest BCUT2D eigenvalue weighted by Gasteiger charge is 2.23. The normalized spacial score (nSPS) is 16.2. The largest absolute Gasteiger partial charge is 0.467 e. The Morgan fingerprint density at radius 2 is 1.54 bits per heavy atom. The minimum atomic E-state index is -0.788. The molecule has 0 amide bonds. The summed E-state index contributed by atoms with van der Waals surface area (Å²) in [6, 6.07) is 14.0. The van der Waals surface area contributed by atoms with Gasteiger partial charge in [0.2, 0.25) is 0 Å². The van der Waals surface area contributed by atoms with Crippen LogP contribution in [0, 0.1) is 29.3 Å². The Bertz CT molecular complexity index is 1520. The van der Waals surface area contributed by atoms with Gasteiger partial charge in [0.1, 0.15) is 17.5 Å². The van der Waals surface area contributed by atoms with Gasteiger partial charge in [0.15, 0.2) is 0 Å². The number of ether oxygens (including phenoxy) is 2. The number of hydrogen-bond donors (Lipinski definition) is 1. The standard InChI is InChI=1S/C36H39F3O4.C4H8O/c1-4-5-24-6-10-27(11-7-24)29-14-15-31(32(37)17-29)30-18-33(38)35(34(39)19-30)28-12-8-25(9-13-28)16-26(20-42-22-40)21-43-36(41)23(2)3;1-4(2)3-5/h8-9,12-15,17-19,22,24,26-27H,2,4-7,10-11,16,20-21H2,1,3H3;5H,1,3H2,2H3. The van der Waals surface area contributed by atoms with Gasteiger partial charge in [-0.3, -0.25) is 4.79 Å². The maximum Gasteiger partial charge on any atom is 0.333 e. The Balaban J connectivity index is 0.00000116. The smallest absolute Gasteiger partial charge is 0.333 e. The van der Waals surface area contributed by atoms with Crippen LogP contribution >= 0.6 is 0 Å². The van der Waals surface area contributed by atoms with Crippen LogP contribution in [0.1, 0.15) is 76.3 Å². The van der Waals surface area contributed by atoms with Gasteiger partial charge in [0.05, 0.1) is 25.4 Å². The number of carbonyl (C=O) groups excluding carboxylic acids is 2. The maximum absolute atomic E-state index is 15.3. The van der Waals surface area contributed by atoms with E-state index in [9.17, 15) is 9.59 Å². The van der Waals surface area contributed by atoms with Crippen molar-refractivity contribution < 1.29 is 37.3 Å². The molecule has 0 spiro atoms. The number of hydrogen-bond acceptors (Lipinski definition) is 5. The number of carbonyl (C=O) groups is 2. The lowest BCUT2D eigenvalue weighted by Gasteiger charge is -2.28. The van der Waals surface area contributed by atoms with Gasteiger partial charge in [0, 0.05) is 17.1 Å². The molecule has 0 bridgehead atoms. The van der Waals surface area contributed by atoms with Crippen LogP contribution in [0.3, 0.4) is 0 Å². The van der Waals surface area contributed by atoms with Gasteiger partial charge in [0.25, 0.3) is 6.47 Å². The topological polar surface area (TPSA) is 72.8 Å². The molecular weight excluding hydrogens is 617 g/mol. The predicted molar refractivity (Wildman–Crippen MR) is 184 cm³/mol. The summed E-state index contributed by atoms with van der Waals surface area (Å²) in [5.74, 6) is -1.84. The maximum atomic E-state index is 15.3. The van der Waals surface area contributed by atoms with Crippen molar-refractivity contribution in [3.63, 3.8) is 0 Å². The summed E-state index contributed by atoms with van der Waals surface area (Å²) >= 11 is 0. The molecular formula is C40H47F3O5. The van der Waals surface area contributed by atoms with Crippen molar-refractivity contribution in [2.75, 3.05) is 19.8 Å². The van der Waals surface area contributed by atoms with Crippen LogP contribution < -0.4 is 0 Å². The average molecular weight is 665 g/mol. The van der Waals surface area contributed by atoms with Crippen molar-refractivity contribution in [3.8, 4) is 22.3 Å². The van der Waals surface area contributed by atoms with E-state index in [0.717, 1.165) is 48.3 Å². The number of esters is 1. The summed E-state index contributed by atoms with van der Waals surface area (Å²) in [4.78, 5) is 22.4. The van der Waals surface area contributed by atoms with Crippen LogP contribution in [0.25, 0.3) is 22.3 Å². The predicted octanol–water partition coefficient (Wildman–Crippen LogP) is 9.52. The second-order valence-corrected chi connectivity index (χ2v) is 12.8. The summed E-state index contributed by atoms with van der Waals surface area (Å²) in [5.41, 5.74) is 3.25. The summed E-state index contributed by atoms with van der Waals surface area (Å²) in [7, 11) is 0. The fourth-order valence-corrected chi connectivity index (χ4v) is 6.02. The zero-order valence-electron chi connectivity index (χ0n) is 28.2. The first-order chi connectivity index (χ1) is 23.0. The highest BCUT2D eigenvalue weighted by molar-refractivity contribution is 5.86. The molecule has 0 saturated heterocycles. The fourth-order valence-electron chi connectivity index (χ4n) is 6.02. The van der Waals surface area contributed by atoms with Crippen LogP contribution in [0.4, 0.5) is 13.2 Å². The lowest BCUT2D eigenvalue weighted by Crippen LogP contribution is -2.21. The molecule has 0 aliphatic heterocycles. The summed E-state index contributed by atoms with van der Waals surface area (Å²) < 4.78 is 55.9. The van der Waals surface area contributed by atoms with E-state index in [1.807, 2.05) is 6.07 Å². The second kappa shape index (κ2) is 19.0. The van der Waals surface area contributed by atoms with Crippen LogP contribution in [-0.2, 0) is 25.5 Å². The van der Waals surface area contributed by atoms with Crippen molar-refractivity contribution in [1.82, 2.24) is 0 Å². The summed E-state index contributed by atoms with van der Waals surface area (Å²) in [6.07, 6.45) is 7.21. The number of halogens is 3. The first-order valence-electron chi connectivity index (χ1n) is 16.5. The first kappa shape index (κ1) is 38.3. The molecule has 0 heterocycles. The molecule has 48 heavy (non-hydrogen) atoms. The van der Waals surface area contributed by atoms with Gasteiger partial charge in [-0.05, 0) is 98.2 Å². The number of rotatable bonds is 14. The third-order valence-electron chi connectivity index (χ3n) is 8.60. The van der Waals surface area contributed by atoms with Gasteiger partial charge in [-0.15, -0.1) is 0 Å². The van der Waals surface area contributed by atoms with E-state index in [4.69, 9.17) is 14.6 Å². The van der Waals surface area contributed by atoms with Gasteiger partial charge in [-0.2, -0.15) is 0 Å². The third kappa shape index (κ3) is 11.2. The Morgan fingerprint density at radius 1 is 0.917 bits per heavy atom. The molecule has 0 aromatic heterocycles. The molecule has 1 unspecified atom stereocenters. The minimum Gasteiger partial charge on any atom is -0.467 e. The van der Waals surface area contributed by atoms with Crippen LogP contribution in [-0.4, -0.2) is 37.4 Å². The van der Waals surface area contributed by atoms with E-state index in [0.29, 0.717) is 24.4 Å². The van der Waals surface area contributed by atoms with Crippen LogP contribution in [0.15, 0.2) is 78.9 Å². The molecule has 1 atom stereocenters. The van der Waals surface area contributed by atoms with E-state index in [-0.39, 0.29) is 48.0 Å². The Morgan fingerprint density at radius 3 is 2.06 bits per heavy atom. The lowest BCUT2D eigenvalue weighted by molar-refractivity contribution is -0.141. The molecule has 8 heteroatoms. The molecule has 1 saturated carbocycles. The van der Waals surface area contributed by atoms with Crippen molar-refractivity contribution in [3.05, 3.63) is 107 Å². The Hall–Kier alpha value is -4.17. The van der Waals surface area contributed by atoms with Gasteiger partial charge in [-0.1, -0.05) is 74.9 Å². The molecule has 0 radical (unpaired) electrons. The van der Waals surface area contributed by atoms with E-state index in [1.165, 1.54) is 38.0 Å². The Kier molecular flexibility index (Phi) is 15.1. The quantitative estimate of drug-likeness (QED) is 0.0805. The van der Waals surface area contributed by atoms with Crippen molar-refractivity contribution in [1.29, 1.82) is 0 Å². The molecule has 1 N–H and O–H groups in total. The fraction of sp³-hybridized carbons (Fsp3) is 0.400. The highest BCUT2D eigenvalue weighted by Crippen LogP contribution is 2.39. The number of aliphatic hydroxyl groups is 1. The van der Waals surface area contributed by atoms with Gasteiger partial charge < -0.3 is 14.6 Å². The number of benzene rings is 3. The minimum absolute atomic E-state index is 0.0175. The highest BCUT2D eigenvalue weighted by atomic mass is 19.1. The molecule has 1 aliphatic carbocycles. The molecule has 1 fully saturated rings. The van der Waals surface area contributed by atoms with Crippen LogP contribution in [0.5, 0.6) is 0 Å². The zero-order valence-corrected chi connectivity index (χ0v) is 28.2. The second-order valence-electron chi connectivity index (χ2n) is 12.8. The molecule has 3 aromatic carbocycles. The van der Waals surface area contributed by atoms with Crippen molar-refractivity contribution in [2.45, 2.75) is 71.6 Å². The van der Waals surface area contributed by atoms with E-state index >= 15 is 13.2 Å². The van der Waals surface area contributed by atoms with Crippen molar-refractivity contribution >= 4 is 12.4 Å². The molecule has 258 valence electrons. The Labute approximate surface area is 282 Å². The SMILES string of the molecule is C=C(C)C(=O)OCC(COC=O)Cc1ccc(-c2c(F)cc(-c3ccc(C4CCC(CCC)CC4)cc3F)cc2F)cc1.C=C(C)CO. The van der Waals surface area contributed by atoms with Gasteiger partial charge in [-0.25, -0.2) is 18.0 Å². The van der Waals surface area contributed by atoms with E-state index in [1.54, 1.807) is 37.3 Å². The zero-order chi connectivity index (χ0) is 35.2. The molecule has 4 rings (SSSR count). The molecule has 1 aliphatic rings. The van der Waals surface area contributed by atoms with Crippen molar-refractivity contribution in [2.24, 2.45) is 11.8 Å². The lowest BCUT2D eigenvalue weighted by atomic mass is 9.77. The monoisotopic (exact) mass is 664 g/mol. The third-order valence-corrected chi connectivity index (χ3v) is 8.60. The average Bonchev–Trinajstić information content (AvgIpc) is 3.06. The first-order valence-corrected chi connectivity index (χ1v) is 16.5. The number of aliphatic hydroxyl groups excluding tert-OH is 1. The van der Waals surface area contributed by atoms with Gasteiger partial charge >= 0.3 is 5.97 Å². The van der Waals surface area contributed by atoms with E-state index < -0.39 is 23.4 Å². The summed E-state index contributed by atoms with van der Waals surface area (Å²) in [6.45, 7) is 13.0. The van der Waals surface area contributed by atoms with E-state index in [2.05, 4.69) is 20.1 Å². The molecule has 3 aromatic rings. The van der Waals surface area contributed by atoms with Crippen LogP contribution in [0.2, 0.25) is 0 Å².